The van der Waals surface area contributed by atoms with Crippen molar-refractivity contribution in [3.63, 3.8) is 0 Å². The SMILES string of the molecule is Oc1cc2ccccc2cc1Cn1cccc1. The summed E-state index contributed by atoms with van der Waals surface area (Å²) in [4.78, 5) is 0. The first-order valence-corrected chi connectivity index (χ1v) is 5.64. The number of phenolic OH excluding ortho intramolecular Hbond substituents is 1. The van der Waals surface area contributed by atoms with Crippen LogP contribution in [0.5, 0.6) is 5.75 Å². The van der Waals surface area contributed by atoms with Crippen LogP contribution in [0.25, 0.3) is 10.8 Å². The Hall–Kier alpha value is -2.22. The highest BCUT2D eigenvalue weighted by atomic mass is 16.3. The van der Waals surface area contributed by atoms with Crippen molar-refractivity contribution in [2.45, 2.75) is 6.54 Å². The van der Waals surface area contributed by atoms with E-state index in [0.717, 1.165) is 16.3 Å². The Bertz CT molecular complexity index is 641. The summed E-state index contributed by atoms with van der Waals surface area (Å²) in [6, 6.07) is 15.9. The number of phenols is 1. The van der Waals surface area contributed by atoms with E-state index in [1.807, 2.05) is 59.4 Å². The van der Waals surface area contributed by atoms with Crippen LogP contribution in [0.3, 0.4) is 0 Å². The quantitative estimate of drug-likeness (QED) is 0.707. The molecule has 2 heteroatoms. The maximum Gasteiger partial charge on any atom is 0.121 e. The van der Waals surface area contributed by atoms with Gasteiger partial charge in [-0.3, -0.25) is 0 Å². The van der Waals surface area contributed by atoms with Crippen LogP contribution in [0.15, 0.2) is 60.9 Å². The lowest BCUT2D eigenvalue weighted by atomic mass is 10.1. The Labute approximate surface area is 99.7 Å². The summed E-state index contributed by atoms with van der Waals surface area (Å²) in [5.41, 5.74) is 0.944. The molecule has 17 heavy (non-hydrogen) atoms. The van der Waals surface area contributed by atoms with E-state index in [4.69, 9.17) is 0 Å². The van der Waals surface area contributed by atoms with Crippen LogP contribution in [-0.2, 0) is 6.54 Å². The Morgan fingerprint density at radius 2 is 1.53 bits per heavy atom. The average molecular weight is 223 g/mol. The van der Waals surface area contributed by atoms with Gasteiger partial charge in [0, 0.05) is 18.0 Å². The molecular formula is C15H13NO. The summed E-state index contributed by atoms with van der Waals surface area (Å²) in [6.45, 7) is 0.698. The Kier molecular flexibility index (Phi) is 2.33. The summed E-state index contributed by atoms with van der Waals surface area (Å²) in [5, 5.41) is 12.2. The fourth-order valence-electron chi connectivity index (χ4n) is 2.07. The topological polar surface area (TPSA) is 25.2 Å². The van der Waals surface area contributed by atoms with E-state index in [1.165, 1.54) is 0 Å². The van der Waals surface area contributed by atoms with Gasteiger partial charge in [-0.15, -0.1) is 0 Å². The van der Waals surface area contributed by atoms with E-state index >= 15 is 0 Å². The van der Waals surface area contributed by atoms with Crippen LogP contribution in [0.1, 0.15) is 5.56 Å². The van der Waals surface area contributed by atoms with Gasteiger partial charge in [-0.2, -0.15) is 0 Å². The van der Waals surface area contributed by atoms with Crippen LogP contribution in [0, 0.1) is 0 Å². The zero-order valence-corrected chi connectivity index (χ0v) is 9.38. The molecule has 0 fully saturated rings. The minimum absolute atomic E-state index is 0.359. The number of aromatic nitrogens is 1. The van der Waals surface area contributed by atoms with Gasteiger partial charge in [0.05, 0.1) is 6.54 Å². The highest BCUT2D eigenvalue weighted by Crippen LogP contribution is 2.25. The van der Waals surface area contributed by atoms with Gasteiger partial charge in [0.1, 0.15) is 5.75 Å². The first-order valence-electron chi connectivity index (χ1n) is 5.64. The number of nitrogens with zero attached hydrogens (tertiary/aromatic N) is 1. The lowest BCUT2D eigenvalue weighted by molar-refractivity contribution is 0.467. The monoisotopic (exact) mass is 223 g/mol. The predicted octanol–water partition coefficient (Wildman–Crippen LogP) is 3.40. The van der Waals surface area contributed by atoms with Crippen molar-refractivity contribution in [2.75, 3.05) is 0 Å². The van der Waals surface area contributed by atoms with Crippen molar-refractivity contribution in [1.29, 1.82) is 0 Å². The molecule has 0 saturated heterocycles. The van der Waals surface area contributed by atoms with Crippen molar-refractivity contribution in [3.05, 3.63) is 66.5 Å². The second-order valence-electron chi connectivity index (χ2n) is 4.18. The van der Waals surface area contributed by atoms with Gasteiger partial charge in [-0.25, -0.2) is 0 Å². The van der Waals surface area contributed by atoms with Crippen LogP contribution in [-0.4, -0.2) is 9.67 Å². The summed E-state index contributed by atoms with van der Waals surface area (Å²) in [5.74, 6) is 0.359. The normalized spacial score (nSPS) is 10.8. The smallest absolute Gasteiger partial charge is 0.121 e. The molecule has 0 atom stereocenters. The van der Waals surface area contributed by atoms with Gasteiger partial charge in [-0.1, -0.05) is 24.3 Å². The van der Waals surface area contributed by atoms with Crippen molar-refractivity contribution < 1.29 is 5.11 Å². The van der Waals surface area contributed by atoms with E-state index in [1.54, 1.807) is 0 Å². The zero-order chi connectivity index (χ0) is 11.7. The van der Waals surface area contributed by atoms with Gasteiger partial charge >= 0.3 is 0 Å². The zero-order valence-electron chi connectivity index (χ0n) is 9.38. The second-order valence-corrected chi connectivity index (χ2v) is 4.18. The van der Waals surface area contributed by atoms with Crippen LogP contribution >= 0.6 is 0 Å². The molecule has 0 bridgehead atoms. The van der Waals surface area contributed by atoms with E-state index in [0.29, 0.717) is 12.3 Å². The number of hydrogen-bond acceptors (Lipinski definition) is 1. The Morgan fingerprint density at radius 1 is 0.882 bits per heavy atom. The largest absolute Gasteiger partial charge is 0.508 e. The fraction of sp³-hybridized carbons (Fsp3) is 0.0667. The minimum Gasteiger partial charge on any atom is -0.508 e. The summed E-state index contributed by atoms with van der Waals surface area (Å²) in [7, 11) is 0. The van der Waals surface area contributed by atoms with Gasteiger partial charge in [0.25, 0.3) is 0 Å². The number of rotatable bonds is 2. The summed E-state index contributed by atoms with van der Waals surface area (Å²) < 4.78 is 2.05. The van der Waals surface area contributed by atoms with Crippen molar-refractivity contribution in [1.82, 2.24) is 4.57 Å². The molecule has 1 heterocycles. The van der Waals surface area contributed by atoms with Gasteiger partial charge in [0.15, 0.2) is 0 Å². The molecule has 0 unspecified atom stereocenters. The fourth-order valence-corrected chi connectivity index (χ4v) is 2.07. The average Bonchev–Trinajstić information content (AvgIpc) is 2.83. The van der Waals surface area contributed by atoms with Crippen molar-refractivity contribution >= 4 is 10.8 Å². The predicted molar refractivity (Wildman–Crippen MR) is 69.1 cm³/mol. The molecule has 0 radical (unpaired) electrons. The molecule has 0 amide bonds. The lowest BCUT2D eigenvalue weighted by Gasteiger charge is -2.08. The molecule has 2 aromatic carbocycles. The highest BCUT2D eigenvalue weighted by molar-refractivity contribution is 5.84. The summed E-state index contributed by atoms with van der Waals surface area (Å²) in [6.07, 6.45) is 3.99. The number of benzene rings is 2. The standard InChI is InChI=1S/C15H13NO/c17-15-10-13-6-2-1-5-12(13)9-14(15)11-16-7-3-4-8-16/h1-10,17H,11H2. The van der Waals surface area contributed by atoms with E-state index in [2.05, 4.69) is 6.07 Å². The number of fused-ring (bicyclic) bond motifs is 1. The molecule has 3 rings (SSSR count). The molecule has 2 nitrogen and oxygen atoms in total. The van der Waals surface area contributed by atoms with Crippen molar-refractivity contribution in [2.24, 2.45) is 0 Å². The third-order valence-corrected chi connectivity index (χ3v) is 2.97. The Balaban J connectivity index is 2.07. The maximum atomic E-state index is 9.99. The first kappa shape index (κ1) is 9.97. The van der Waals surface area contributed by atoms with Crippen LogP contribution in [0.2, 0.25) is 0 Å². The third-order valence-electron chi connectivity index (χ3n) is 2.97. The maximum absolute atomic E-state index is 9.99. The Morgan fingerprint density at radius 3 is 2.24 bits per heavy atom. The molecule has 0 saturated carbocycles. The molecule has 0 aliphatic rings. The molecule has 1 aromatic heterocycles. The highest BCUT2D eigenvalue weighted by Gasteiger charge is 2.03. The first-order chi connectivity index (χ1) is 8.33. The van der Waals surface area contributed by atoms with Crippen LogP contribution < -0.4 is 0 Å². The van der Waals surface area contributed by atoms with Gasteiger partial charge in [0.2, 0.25) is 0 Å². The number of hydrogen-bond donors (Lipinski definition) is 1. The molecule has 84 valence electrons. The minimum atomic E-state index is 0.359. The van der Waals surface area contributed by atoms with Crippen molar-refractivity contribution in [3.8, 4) is 5.75 Å². The molecule has 0 aliphatic carbocycles. The van der Waals surface area contributed by atoms with E-state index < -0.39 is 0 Å². The van der Waals surface area contributed by atoms with Crippen LogP contribution in [0.4, 0.5) is 0 Å². The van der Waals surface area contributed by atoms with E-state index in [9.17, 15) is 5.11 Å². The summed E-state index contributed by atoms with van der Waals surface area (Å²) >= 11 is 0. The molecule has 1 N–H and O–H groups in total. The lowest BCUT2D eigenvalue weighted by Crippen LogP contribution is -1.96. The molecule has 0 aliphatic heterocycles. The number of aromatic hydroxyl groups is 1. The molecule has 0 spiro atoms. The third kappa shape index (κ3) is 1.89. The van der Waals surface area contributed by atoms with Gasteiger partial charge in [-0.05, 0) is 35.0 Å². The molecular weight excluding hydrogens is 210 g/mol. The molecule has 3 aromatic rings. The second kappa shape index (κ2) is 3.98. The van der Waals surface area contributed by atoms with Gasteiger partial charge < -0.3 is 9.67 Å². The van der Waals surface area contributed by atoms with E-state index in [-0.39, 0.29) is 0 Å².